The summed E-state index contributed by atoms with van der Waals surface area (Å²) in [5, 5.41) is 19.2. The second kappa shape index (κ2) is 7.79. The summed E-state index contributed by atoms with van der Waals surface area (Å²) in [6.45, 7) is 1.42. The number of aryl methyl sites for hydroxylation is 1. The van der Waals surface area contributed by atoms with Crippen molar-refractivity contribution in [1.29, 1.82) is 5.41 Å². The molecule has 0 aliphatic carbocycles. The van der Waals surface area contributed by atoms with Gasteiger partial charge in [0.2, 0.25) is 0 Å². The van der Waals surface area contributed by atoms with Gasteiger partial charge in [-0.2, -0.15) is 5.10 Å². The third-order valence-corrected chi connectivity index (χ3v) is 4.78. The van der Waals surface area contributed by atoms with Crippen LogP contribution in [0.4, 0.5) is 24.7 Å². The number of halogens is 3. The zero-order chi connectivity index (χ0) is 21.3. The second-order valence-corrected chi connectivity index (χ2v) is 6.95. The third kappa shape index (κ3) is 4.28. The average Bonchev–Trinajstić information content (AvgIpc) is 3.07. The molecule has 0 bridgehead atoms. The van der Waals surface area contributed by atoms with E-state index in [0.29, 0.717) is 35.9 Å². The first kappa shape index (κ1) is 19.9. The number of hydrogen-bond donors (Lipinski definition) is 3. The van der Waals surface area contributed by atoms with E-state index >= 15 is 0 Å². The standard InChI is InChI=1S/C20H19F3N6O/c1-29-11-13(10-27-29)16-6-7-26-19(17(16)18(24)12-8-25-9-12)28-14-2-4-15(5-3-14)30-20(21,22)23/h2-7,10-12,24-25H,8-9H2,1H3,(H,26,28). The molecule has 3 aromatic rings. The van der Waals surface area contributed by atoms with Gasteiger partial charge in [0, 0.05) is 61.0 Å². The van der Waals surface area contributed by atoms with Gasteiger partial charge in [0.1, 0.15) is 11.6 Å². The molecule has 4 rings (SSSR count). The van der Waals surface area contributed by atoms with Gasteiger partial charge in [-0.3, -0.25) is 4.68 Å². The molecule has 3 N–H and O–H groups in total. The van der Waals surface area contributed by atoms with Gasteiger partial charge < -0.3 is 20.8 Å². The maximum Gasteiger partial charge on any atom is 0.573 e. The summed E-state index contributed by atoms with van der Waals surface area (Å²) in [6.07, 6.45) is 0.464. The first-order chi connectivity index (χ1) is 14.3. The number of anilines is 2. The fourth-order valence-electron chi connectivity index (χ4n) is 3.20. The highest BCUT2D eigenvalue weighted by atomic mass is 19.4. The number of nitrogens with zero attached hydrogens (tertiary/aromatic N) is 3. The van der Waals surface area contributed by atoms with Crippen molar-refractivity contribution >= 4 is 17.2 Å². The molecular formula is C20H19F3N6O. The molecule has 0 unspecified atom stereocenters. The van der Waals surface area contributed by atoms with Gasteiger partial charge in [0.25, 0.3) is 0 Å². The van der Waals surface area contributed by atoms with Crippen molar-refractivity contribution < 1.29 is 17.9 Å². The number of nitrogens with one attached hydrogen (secondary N) is 3. The SMILES string of the molecule is Cn1cc(-c2ccnc(Nc3ccc(OC(F)(F)F)cc3)c2C(=N)C2CNC2)cn1. The number of ether oxygens (including phenoxy) is 1. The fourth-order valence-corrected chi connectivity index (χ4v) is 3.20. The van der Waals surface area contributed by atoms with Crippen LogP contribution in [0, 0.1) is 11.3 Å². The number of pyridine rings is 1. The van der Waals surface area contributed by atoms with E-state index in [2.05, 4.69) is 25.5 Å². The van der Waals surface area contributed by atoms with Crippen molar-refractivity contribution in [1.82, 2.24) is 20.1 Å². The second-order valence-electron chi connectivity index (χ2n) is 6.95. The van der Waals surface area contributed by atoms with Gasteiger partial charge in [-0.1, -0.05) is 0 Å². The molecule has 30 heavy (non-hydrogen) atoms. The van der Waals surface area contributed by atoms with E-state index in [1.807, 2.05) is 19.3 Å². The van der Waals surface area contributed by atoms with E-state index in [0.717, 1.165) is 11.1 Å². The van der Waals surface area contributed by atoms with Crippen molar-refractivity contribution in [3.63, 3.8) is 0 Å². The average molecular weight is 416 g/mol. The fraction of sp³-hybridized carbons (Fsp3) is 0.250. The normalized spacial score (nSPS) is 14.3. The van der Waals surface area contributed by atoms with E-state index < -0.39 is 6.36 Å². The summed E-state index contributed by atoms with van der Waals surface area (Å²) in [5.74, 6) is 0.212. The number of benzene rings is 1. The molecule has 7 nitrogen and oxygen atoms in total. The van der Waals surface area contributed by atoms with E-state index in [1.165, 1.54) is 24.3 Å². The largest absolute Gasteiger partial charge is 0.573 e. The Balaban J connectivity index is 1.68. The summed E-state index contributed by atoms with van der Waals surface area (Å²) in [5.41, 5.74) is 3.28. The maximum absolute atomic E-state index is 12.4. The lowest BCUT2D eigenvalue weighted by molar-refractivity contribution is -0.274. The molecule has 0 amide bonds. The third-order valence-electron chi connectivity index (χ3n) is 4.78. The minimum absolute atomic E-state index is 0.0627. The number of hydrogen-bond acceptors (Lipinski definition) is 6. The molecule has 1 aliphatic rings. The summed E-state index contributed by atoms with van der Waals surface area (Å²) in [6, 6.07) is 7.22. The Labute approximate surface area is 170 Å². The van der Waals surface area contributed by atoms with Crippen LogP contribution in [-0.2, 0) is 7.05 Å². The first-order valence-electron chi connectivity index (χ1n) is 9.20. The molecule has 0 spiro atoms. The topological polar surface area (TPSA) is 87.8 Å². The Hall–Kier alpha value is -3.40. The molecule has 156 valence electrons. The monoisotopic (exact) mass is 416 g/mol. The van der Waals surface area contributed by atoms with Crippen LogP contribution in [-0.4, -0.2) is 39.9 Å². The van der Waals surface area contributed by atoms with Crippen LogP contribution in [0.3, 0.4) is 0 Å². The van der Waals surface area contributed by atoms with E-state index in [1.54, 1.807) is 17.1 Å². The van der Waals surface area contributed by atoms with Crippen molar-refractivity contribution in [2.45, 2.75) is 6.36 Å². The molecule has 0 atom stereocenters. The molecule has 1 fully saturated rings. The van der Waals surface area contributed by atoms with Gasteiger partial charge in [-0.05, 0) is 35.9 Å². The quantitative estimate of drug-likeness (QED) is 0.533. The van der Waals surface area contributed by atoms with Crippen LogP contribution in [0.15, 0.2) is 48.9 Å². The van der Waals surface area contributed by atoms with Gasteiger partial charge in [0.05, 0.1) is 6.20 Å². The van der Waals surface area contributed by atoms with Gasteiger partial charge >= 0.3 is 6.36 Å². The van der Waals surface area contributed by atoms with Gasteiger partial charge in [-0.25, -0.2) is 4.98 Å². The van der Waals surface area contributed by atoms with E-state index in [9.17, 15) is 13.2 Å². The summed E-state index contributed by atoms with van der Waals surface area (Å²) >= 11 is 0. The number of alkyl halides is 3. The lowest BCUT2D eigenvalue weighted by atomic mass is 9.88. The molecule has 1 saturated heterocycles. The molecule has 0 radical (unpaired) electrons. The molecule has 2 aromatic heterocycles. The molecule has 1 aliphatic heterocycles. The van der Waals surface area contributed by atoms with Crippen LogP contribution in [0.2, 0.25) is 0 Å². The van der Waals surface area contributed by atoms with Crippen LogP contribution < -0.4 is 15.4 Å². The van der Waals surface area contributed by atoms with Crippen LogP contribution in [0.1, 0.15) is 5.56 Å². The van der Waals surface area contributed by atoms with Crippen molar-refractivity contribution in [3.8, 4) is 16.9 Å². The maximum atomic E-state index is 12.4. The Kier molecular flexibility index (Phi) is 5.17. The van der Waals surface area contributed by atoms with Gasteiger partial charge in [-0.15, -0.1) is 13.2 Å². The number of aromatic nitrogens is 3. The summed E-state index contributed by atoms with van der Waals surface area (Å²) in [7, 11) is 1.81. The predicted octanol–water partition coefficient (Wildman–Crippen LogP) is 3.71. The first-order valence-corrected chi connectivity index (χ1v) is 9.20. The highest BCUT2D eigenvalue weighted by Gasteiger charge is 2.31. The Morgan fingerprint density at radius 2 is 1.97 bits per heavy atom. The highest BCUT2D eigenvalue weighted by molar-refractivity contribution is 6.10. The lowest BCUT2D eigenvalue weighted by Gasteiger charge is -2.29. The van der Waals surface area contributed by atoms with Crippen LogP contribution in [0.25, 0.3) is 11.1 Å². The molecular weight excluding hydrogens is 397 g/mol. The number of rotatable bonds is 6. The molecule has 10 heteroatoms. The van der Waals surface area contributed by atoms with Crippen molar-refractivity contribution in [2.24, 2.45) is 13.0 Å². The highest BCUT2D eigenvalue weighted by Crippen LogP contribution is 2.32. The summed E-state index contributed by atoms with van der Waals surface area (Å²) < 4.78 is 42.7. The summed E-state index contributed by atoms with van der Waals surface area (Å²) in [4.78, 5) is 4.40. The Morgan fingerprint density at radius 1 is 1.23 bits per heavy atom. The van der Waals surface area contributed by atoms with E-state index in [4.69, 9.17) is 5.41 Å². The minimum atomic E-state index is -4.74. The lowest BCUT2D eigenvalue weighted by Crippen LogP contribution is -2.46. The van der Waals surface area contributed by atoms with Crippen LogP contribution >= 0.6 is 0 Å². The molecule has 3 heterocycles. The predicted molar refractivity (Wildman–Crippen MR) is 106 cm³/mol. The molecule has 1 aromatic carbocycles. The zero-order valence-electron chi connectivity index (χ0n) is 16.0. The van der Waals surface area contributed by atoms with Crippen molar-refractivity contribution in [3.05, 3.63) is 54.5 Å². The van der Waals surface area contributed by atoms with Crippen molar-refractivity contribution in [2.75, 3.05) is 18.4 Å². The smallest absolute Gasteiger partial charge is 0.406 e. The Morgan fingerprint density at radius 3 is 2.53 bits per heavy atom. The van der Waals surface area contributed by atoms with E-state index in [-0.39, 0.29) is 11.7 Å². The van der Waals surface area contributed by atoms with Crippen LogP contribution in [0.5, 0.6) is 5.75 Å². The Bertz CT molecular complexity index is 1060. The minimum Gasteiger partial charge on any atom is -0.406 e. The zero-order valence-corrected chi connectivity index (χ0v) is 16.0. The van der Waals surface area contributed by atoms with Gasteiger partial charge in [0.15, 0.2) is 0 Å². The molecule has 0 saturated carbocycles.